The number of ether oxygens (including phenoxy) is 1. The van der Waals surface area contributed by atoms with E-state index in [0.29, 0.717) is 17.9 Å². The van der Waals surface area contributed by atoms with Crippen LogP contribution in [-0.2, 0) is 16.2 Å². The zero-order valence-electron chi connectivity index (χ0n) is 20.4. The average Bonchev–Trinajstić information content (AvgIpc) is 3.16. The largest absolute Gasteiger partial charge is 0.488 e. The molecule has 1 aliphatic rings. The summed E-state index contributed by atoms with van der Waals surface area (Å²) in [5.41, 5.74) is 3.06. The average molecular weight is 527 g/mol. The molecule has 0 atom stereocenters. The predicted octanol–water partition coefficient (Wildman–Crippen LogP) is 6.54. The highest BCUT2D eigenvalue weighted by molar-refractivity contribution is 8.18. The number of hydrogen-bond donors (Lipinski definition) is 1. The van der Waals surface area contributed by atoms with Crippen LogP contribution in [0, 0.1) is 12.7 Å². The smallest absolute Gasteiger partial charge is 0.294 e. The lowest BCUT2D eigenvalue weighted by Gasteiger charge is -2.14. The predicted molar refractivity (Wildman–Crippen MR) is 147 cm³/mol. The van der Waals surface area contributed by atoms with E-state index in [4.69, 9.17) is 4.74 Å². The number of amides is 3. The number of rotatable bonds is 7. The zero-order valence-corrected chi connectivity index (χ0v) is 21.3. The molecule has 190 valence electrons. The van der Waals surface area contributed by atoms with Crippen LogP contribution in [0.15, 0.2) is 89.8 Å². The van der Waals surface area contributed by atoms with E-state index in [1.807, 2.05) is 67.6 Å². The van der Waals surface area contributed by atoms with Gasteiger partial charge < -0.3 is 10.1 Å². The topological polar surface area (TPSA) is 75.7 Å². The molecule has 0 bridgehead atoms. The minimum atomic E-state index is -0.605. The number of fused-ring (bicyclic) bond motifs is 1. The number of imide groups is 1. The highest BCUT2D eigenvalue weighted by Gasteiger charge is 2.36. The van der Waals surface area contributed by atoms with Crippen LogP contribution in [0.5, 0.6) is 5.75 Å². The Labute approximate surface area is 223 Å². The van der Waals surface area contributed by atoms with Crippen molar-refractivity contribution in [2.45, 2.75) is 13.5 Å². The van der Waals surface area contributed by atoms with Gasteiger partial charge in [-0.2, -0.15) is 0 Å². The third-order valence-electron chi connectivity index (χ3n) is 6.00. The fourth-order valence-corrected chi connectivity index (χ4v) is 4.89. The van der Waals surface area contributed by atoms with Gasteiger partial charge in [-0.05, 0) is 65.4 Å². The molecule has 0 saturated carbocycles. The molecule has 0 radical (unpaired) electrons. The molecule has 0 aliphatic carbocycles. The summed E-state index contributed by atoms with van der Waals surface area (Å²) < 4.78 is 19.6. The Hall–Kier alpha value is -4.43. The second-order valence-corrected chi connectivity index (χ2v) is 9.79. The maximum absolute atomic E-state index is 13.4. The van der Waals surface area contributed by atoms with E-state index in [-0.39, 0.29) is 10.6 Å². The van der Waals surface area contributed by atoms with E-state index in [1.165, 1.54) is 18.2 Å². The van der Waals surface area contributed by atoms with E-state index >= 15 is 0 Å². The fourth-order valence-electron chi connectivity index (χ4n) is 4.07. The summed E-state index contributed by atoms with van der Waals surface area (Å²) in [7, 11) is 0. The number of thioether (sulfide) groups is 1. The Bertz CT molecular complexity index is 1580. The number of halogens is 1. The van der Waals surface area contributed by atoms with Crippen molar-refractivity contribution in [1.29, 1.82) is 0 Å². The van der Waals surface area contributed by atoms with Gasteiger partial charge in [0, 0.05) is 11.3 Å². The second-order valence-electron chi connectivity index (χ2n) is 8.80. The van der Waals surface area contributed by atoms with Gasteiger partial charge in [0.1, 0.15) is 24.7 Å². The summed E-state index contributed by atoms with van der Waals surface area (Å²) in [6.07, 6.45) is 1.64. The van der Waals surface area contributed by atoms with Crippen molar-refractivity contribution in [1.82, 2.24) is 4.90 Å². The van der Waals surface area contributed by atoms with E-state index in [0.717, 1.165) is 44.6 Å². The van der Waals surface area contributed by atoms with E-state index < -0.39 is 29.4 Å². The summed E-state index contributed by atoms with van der Waals surface area (Å²) in [4.78, 5) is 39.4. The van der Waals surface area contributed by atoms with Gasteiger partial charge in [-0.25, -0.2) is 4.39 Å². The summed E-state index contributed by atoms with van der Waals surface area (Å²) in [6.45, 7) is 1.87. The molecule has 0 aromatic heterocycles. The van der Waals surface area contributed by atoms with Gasteiger partial charge in [-0.1, -0.05) is 66.2 Å². The molecule has 1 heterocycles. The van der Waals surface area contributed by atoms with Crippen LogP contribution in [0.3, 0.4) is 0 Å². The van der Waals surface area contributed by atoms with Gasteiger partial charge in [0.15, 0.2) is 0 Å². The Morgan fingerprint density at radius 2 is 1.79 bits per heavy atom. The van der Waals surface area contributed by atoms with Crippen LogP contribution in [-0.4, -0.2) is 28.5 Å². The fraction of sp³-hybridized carbons (Fsp3) is 0.100. The first-order chi connectivity index (χ1) is 18.4. The highest BCUT2D eigenvalue weighted by atomic mass is 32.2. The summed E-state index contributed by atoms with van der Waals surface area (Å²) >= 11 is 0.764. The highest BCUT2D eigenvalue weighted by Crippen LogP contribution is 2.37. The number of aryl methyl sites for hydroxylation is 1. The van der Waals surface area contributed by atoms with Crippen LogP contribution in [0.4, 0.5) is 14.9 Å². The lowest BCUT2D eigenvalue weighted by molar-refractivity contribution is -0.127. The van der Waals surface area contributed by atoms with E-state index in [9.17, 15) is 18.8 Å². The number of nitrogens with zero attached hydrogens (tertiary/aromatic N) is 1. The Kier molecular flexibility index (Phi) is 7.24. The Morgan fingerprint density at radius 1 is 1.00 bits per heavy atom. The van der Waals surface area contributed by atoms with Crippen LogP contribution in [0.1, 0.15) is 16.7 Å². The SMILES string of the molecule is Cc1ccc(COc2ccc3ccccc3c2/C=C2/SC(=O)N(CC(=O)Nc3cccc(F)c3)C2=O)cc1. The molecule has 8 heteroatoms. The molecule has 1 fully saturated rings. The van der Waals surface area contributed by atoms with Crippen LogP contribution in [0.25, 0.3) is 16.8 Å². The second kappa shape index (κ2) is 10.9. The first-order valence-corrected chi connectivity index (χ1v) is 12.7. The molecule has 1 aliphatic heterocycles. The first-order valence-electron chi connectivity index (χ1n) is 11.9. The van der Waals surface area contributed by atoms with Gasteiger partial charge >= 0.3 is 0 Å². The minimum Gasteiger partial charge on any atom is -0.488 e. The molecule has 3 amide bonds. The molecule has 5 rings (SSSR count). The van der Waals surface area contributed by atoms with Crippen molar-refractivity contribution < 1.29 is 23.5 Å². The standard InChI is InChI=1S/C30H23FN2O4S/c1-19-9-11-20(12-10-19)18-37-26-14-13-21-5-2-3-8-24(21)25(26)16-27-29(35)33(30(36)38-27)17-28(34)32-23-7-4-6-22(31)15-23/h2-16H,17-18H2,1H3,(H,32,34)/b27-16+. The molecule has 0 unspecified atom stereocenters. The lowest BCUT2D eigenvalue weighted by Crippen LogP contribution is -2.36. The Morgan fingerprint density at radius 3 is 2.58 bits per heavy atom. The van der Waals surface area contributed by atoms with Gasteiger partial charge in [-0.15, -0.1) is 0 Å². The number of hydrogen-bond acceptors (Lipinski definition) is 5. The monoisotopic (exact) mass is 526 g/mol. The van der Waals surface area contributed by atoms with Gasteiger partial charge in [-0.3, -0.25) is 19.3 Å². The molecule has 4 aromatic rings. The van der Waals surface area contributed by atoms with Gasteiger partial charge in [0.25, 0.3) is 11.1 Å². The van der Waals surface area contributed by atoms with Crippen molar-refractivity contribution in [3.8, 4) is 5.75 Å². The molecule has 1 saturated heterocycles. The third kappa shape index (κ3) is 5.60. The van der Waals surface area contributed by atoms with Crippen molar-refractivity contribution in [2.24, 2.45) is 0 Å². The lowest BCUT2D eigenvalue weighted by atomic mass is 10.0. The third-order valence-corrected chi connectivity index (χ3v) is 6.91. The number of anilines is 1. The summed E-state index contributed by atoms with van der Waals surface area (Å²) in [5, 5.41) is 3.77. The van der Waals surface area contributed by atoms with Gasteiger partial charge in [0.05, 0.1) is 4.91 Å². The number of nitrogens with one attached hydrogen (secondary N) is 1. The summed E-state index contributed by atoms with van der Waals surface area (Å²) in [5.74, 6) is -1.12. The van der Waals surface area contributed by atoms with E-state index in [2.05, 4.69) is 5.32 Å². The first kappa shape index (κ1) is 25.2. The molecule has 38 heavy (non-hydrogen) atoms. The molecule has 4 aromatic carbocycles. The quantitative estimate of drug-likeness (QED) is 0.277. The van der Waals surface area contributed by atoms with Crippen LogP contribution >= 0.6 is 11.8 Å². The molecule has 6 nitrogen and oxygen atoms in total. The molecular formula is C30H23FN2O4S. The molecule has 0 spiro atoms. The number of benzene rings is 4. The number of carbonyl (C=O) groups is 3. The molecular weight excluding hydrogens is 503 g/mol. The van der Waals surface area contributed by atoms with Crippen molar-refractivity contribution in [2.75, 3.05) is 11.9 Å². The summed E-state index contributed by atoms with van der Waals surface area (Å²) in [6, 6.07) is 24.9. The van der Waals surface area contributed by atoms with Crippen LogP contribution in [0.2, 0.25) is 0 Å². The van der Waals surface area contributed by atoms with Gasteiger partial charge in [0.2, 0.25) is 5.91 Å². The van der Waals surface area contributed by atoms with Crippen molar-refractivity contribution in [3.05, 3.63) is 112 Å². The maximum atomic E-state index is 13.4. The van der Waals surface area contributed by atoms with E-state index in [1.54, 1.807) is 6.08 Å². The maximum Gasteiger partial charge on any atom is 0.294 e. The normalized spacial score (nSPS) is 14.4. The van der Waals surface area contributed by atoms with Crippen molar-refractivity contribution >= 4 is 51.4 Å². The minimum absolute atomic E-state index is 0.185. The Balaban J connectivity index is 1.39. The zero-order chi connectivity index (χ0) is 26.6. The number of carbonyl (C=O) groups excluding carboxylic acids is 3. The van der Waals surface area contributed by atoms with Crippen LogP contribution < -0.4 is 10.1 Å². The van der Waals surface area contributed by atoms with Crippen molar-refractivity contribution in [3.63, 3.8) is 0 Å². The molecule has 1 N–H and O–H groups in total.